The molecule has 2 heterocycles. The molecule has 4 nitrogen and oxygen atoms in total. The molecule has 0 radical (unpaired) electrons. The molecule has 18 heavy (non-hydrogen) atoms. The third-order valence-electron chi connectivity index (χ3n) is 3.29. The van der Waals surface area contributed by atoms with Crippen molar-refractivity contribution in [2.45, 2.75) is 26.2 Å². The van der Waals surface area contributed by atoms with E-state index in [1.165, 1.54) is 12.8 Å². The Hall–Kier alpha value is -1.36. The number of hydrogen-bond donors (Lipinski definition) is 1. The summed E-state index contributed by atoms with van der Waals surface area (Å²) in [4.78, 5) is 12.1. The molecular weight excluding hydrogens is 244 g/mol. The molecular formula is C13H18N4S. The van der Waals surface area contributed by atoms with Crippen molar-refractivity contribution in [1.82, 2.24) is 9.97 Å². The number of hydrogen-bond acceptors (Lipinski definition) is 5. The molecule has 0 spiro atoms. The van der Waals surface area contributed by atoms with Crippen molar-refractivity contribution in [2.75, 3.05) is 23.7 Å². The monoisotopic (exact) mass is 262 g/mol. The van der Waals surface area contributed by atoms with Crippen LogP contribution in [0, 0.1) is 5.92 Å². The first kappa shape index (κ1) is 11.7. The molecule has 0 bridgehead atoms. The minimum atomic E-state index is 0.386. The summed E-state index contributed by atoms with van der Waals surface area (Å²) < 4.78 is 0. The van der Waals surface area contributed by atoms with E-state index in [9.17, 15) is 0 Å². The molecule has 0 saturated heterocycles. The number of nitrogens with zero attached hydrogens (tertiary/aromatic N) is 3. The summed E-state index contributed by atoms with van der Waals surface area (Å²) in [5, 5.41) is 3.20. The number of nitrogens with two attached hydrogens (primary N) is 1. The molecule has 5 heteroatoms. The van der Waals surface area contributed by atoms with Crippen LogP contribution in [0.5, 0.6) is 0 Å². The predicted molar refractivity (Wildman–Crippen MR) is 77.1 cm³/mol. The topological polar surface area (TPSA) is 55.0 Å². The lowest BCUT2D eigenvalue weighted by molar-refractivity contribution is 0.702. The van der Waals surface area contributed by atoms with Gasteiger partial charge in [0.1, 0.15) is 10.6 Å². The summed E-state index contributed by atoms with van der Waals surface area (Å²) in [7, 11) is 0. The van der Waals surface area contributed by atoms with Gasteiger partial charge >= 0.3 is 0 Å². The fourth-order valence-electron chi connectivity index (χ4n) is 2.26. The van der Waals surface area contributed by atoms with Gasteiger partial charge < -0.3 is 10.6 Å². The Bertz CT molecular complexity index is 547. The molecule has 0 amide bonds. The van der Waals surface area contributed by atoms with Crippen LogP contribution in [0.4, 0.5) is 11.8 Å². The lowest BCUT2D eigenvalue weighted by Gasteiger charge is -2.23. The average Bonchev–Trinajstić information content (AvgIpc) is 3.03. The molecule has 0 aliphatic heterocycles. The summed E-state index contributed by atoms with van der Waals surface area (Å²) in [6.07, 6.45) is 3.84. The van der Waals surface area contributed by atoms with Gasteiger partial charge in [-0.3, -0.25) is 0 Å². The fraction of sp³-hybridized carbons (Fsp3) is 0.538. The minimum Gasteiger partial charge on any atom is -0.368 e. The van der Waals surface area contributed by atoms with Crippen LogP contribution in [0.1, 0.15) is 26.2 Å². The van der Waals surface area contributed by atoms with Gasteiger partial charge in [0.15, 0.2) is 0 Å². The molecule has 3 rings (SSSR count). The molecule has 0 aromatic carbocycles. The van der Waals surface area contributed by atoms with Gasteiger partial charge in [-0.2, -0.15) is 4.98 Å². The highest BCUT2D eigenvalue weighted by atomic mass is 32.1. The van der Waals surface area contributed by atoms with E-state index in [4.69, 9.17) is 5.73 Å². The molecule has 2 aromatic heterocycles. The van der Waals surface area contributed by atoms with Crippen molar-refractivity contribution in [2.24, 2.45) is 5.92 Å². The highest BCUT2D eigenvalue weighted by Gasteiger charge is 2.25. The van der Waals surface area contributed by atoms with Gasteiger partial charge in [0.2, 0.25) is 5.95 Å². The van der Waals surface area contributed by atoms with E-state index in [1.807, 2.05) is 0 Å². The van der Waals surface area contributed by atoms with Gasteiger partial charge in [-0.15, -0.1) is 11.3 Å². The maximum absolute atomic E-state index is 5.82. The summed E-state index contributed by atoms with van der Waals surface area (Å²) in [5.41, 5.74) is 5.82. The first-order chi connectivity index (χ1) is 8.78. The van der Waals surface area contributed by atoms with Gasteiger partial charge in [-0.05, 0) is 36.6 Å². The van der Waals surface area contributed by atoms with Crippen LogP contribution >= 0.6 is 11.3 Å². The maximum Gasteiger partial charge on any atom is 0.223 e. The van der Waals surface area contributed by atoms with Crippen molar-refractivity contribution in [3.05, 3.63) is 11.4 Å². The number of anilines is 2. The van der Waals surface area contributed by atoms with Gasteiger partial charge in [-0.25, -0.2) is 4.98 Å². The van der Waals surface area contributed by atoms with Crippen LogP contribution in [0.15, 0.2) is 11.4 Å². The largest absolute Gasteiger partial charge is 0.368 e. The predicted octanol–water partition coefficient (Wildman–Crippen LogP) is 2.90. The molecule has 1 fully saturated rings. The second-order valence-corrected chi connectivity index (χ2v) is 5.83. The minimum absolute atomic E-state index is 0.386. The van der Waals surface area contributed by atoms with Crippen LogP contribution in [0.25, 0.3) is 10.2 Å². The first-order valence-electron chi connectivity index (χ1n) is 6.53. The van der Waals surface area contributed by atoms with Gasteiger partial charge in [0, 0.05) is 13.1 Å². The summed E-state index contributed by atoms with van der Waals surface area (Å²) in [5.74, 6) is 2.26. The van der Waals surface area contributed by atoms with Crippen LogP contribution < -0.4 is 10.6 Å². The third-order valence-corrected chi connectivity index (χ3v) is 4.10. The van der Waals surface area contributed by atoms with Gasteiger partial charge in [0.25, 0.3) is 0 Å². The highest BCUT2D eigenvalue weighted by molar-refractivity contribution is 7.16. The third kappa shape index (κ3) is 2.27. The van der Waals surface area contributed by atoms with Crippen molar-refractivity contribution >= 4 is 33.3 Å². The smallest absolute Gasteiger partial charge is 0.223 e. The summed E-state index contributed by atoms with van der Waals surface area (Å²) >= 11 is 1.63. The summed E-state index contributed by atoms with van der Waals surface area (Å²) in [6.45, 7) is 4.35. The molecule has 1 aliphatic carbocycles. The average molecular weight is 262 g/mol. The Morgan fingerprint density at radius 3 is 3.00 bits per heavy atom. The Kier molecular flexibility index (Phi) is 3.07. The molecule has 96 valence electrons. The van der Waals surface area contributed by atoms with E-state index in [0.717, 1.165) is 41.5 Å². The fourth-order valence-corrected chi connectivity index (χ4v) is 3.03. The van der Waals surface area contributed by atoms with Crippen molar-refractivity contribution < 1.29 is 0 Å². The van der Waals surface area contributed by atoms with Crippen LogP contribution in [-0.4, -0.2) is 23.1 Å². The molecule has 2 aromatic rings. The van der Waals surface area contributed by atoms with Gasteiger partial charge in [-0.1, -0.05) is 6.92 Å². The van der Waals surface area contributed by atoms with E-state index in [-0.39, 0.29) is 0 Å². The van der Waals surface area contributed by atoms with Crippen LogP contribution in [0.3, 0.4) is 0 Å². The zero-order valence-corrected chi connectivity index (χ0v) is 11.4. The number of fused-ring (bicyclic) bond motifs is 1. The highest BCUT2D eigenvalue weighted by Crippen LogP contribution is 2.34. The zero-order valence-electron chi connectivity index (χ0n) is 10.6. The number of thiophene rings is 1. The van der Waals surface area contributed by atoms with Gasteiger partial charge in [0.05, 0.1) is 5.39 Å². The quantitative estimate of drug-likeness (QED) is 0.900. The Balaban J connectivity index is 2.00. The van der Waals surface area contributed by atoms with Crippen molar-refractivity contribution in [3.63, 3.8) is 0 Å². The van der Waals surface area contributed by atoms with E-state index >= 15 is 0 Å². The normalized spacial score (nSPS) is 15.2. The lowest BCUT2D eigenvalue weighted by Crippen LogP contribution is -2.28. The second-order valence-electron chi connectivity index (χ2n) is 4.93. The molecule has 1 aliphatic rings. The SMILES string of the molecule is CCCN(CC1CC1)c1nc(N)nc2sccc12. The Morgan fingerprint density at radius 1 is 1.44 bits per heavy atom. The van der Waals surface area contributed by atoms with Crippen molar-refractivity contribution in [1.29, 1.82) is 0 Å². The summed E-state index contributed by atoms with van der Waals surface area (Å²) in [6, 6.07) is 2.10. The molecule has 1 saturated carbocycles. The lowest BCUT2D eigenvalue weighted by atomic mass is 10.3. The van der Waals surface area contributed by atoms with E-state index in [2.05, 4.69) is 33.2 Å². The van der Waals surface area contributed by atoms with Crippen LogP contribution in [0.2, 0.25) is 0 Å². The molecule has 0 atom stereocenters. The number of rotatable bonds is 5. The van der Waals surface area contributed by atoms with E-state index in [0.29, 0.717) is 5.95 Å². The second kappa shape index (κ2) is 4.72. The molecule has 0 unspecified atom stereocenters. The standard InChI is InChI=1S/C13H18N4S/c1-2-6-17(8-9-3-4-9)11-10-5-7-18-12(10)16-13(14)15-11/h5,7,9H,2-4,6,8H2,1H3,(H2,14,15,16). The molecule has 2 N–H and O–H groups in total. The van der Waals surface area contributed by atoms with E-state index in [1.54, 1.807) is 11.3 Å². The van der Waals surface area contributed by atoms with Crippen LogP contribution in [-0.2, 0) is 0 Å². The zero-order chi connectivity index (χ0) is 12.5. The van der Waals surface area contributed by atoms with E-state index < -0.39 is 0 Å². The number of nitrogen functional groups attached to an aromatic ring is 1. The Morgan fingerprint density at radius 2 is 2.28 bits per heavy atom. The van der Waals surface area contributed by atoms with Crippen molar-refractivity contribution in [3.8, 4) is 0 Å². The Labute approximate surface area is 111 Å². The first-order valence-corrected chi connectivity index (χ1v) is 7.41. The number of aromatic nitrogens is 2. The maximum atomic E-state index is 5.82.